The van der Waals surface area contributed by atoms with E-state index < -0.39 is 11.9 Å². The van der Waals surface area contributed by atoms with Gasteiger partial charge in [-0.3, -0.25) is 10.1 Å². The molecule has 110 valence electrons. The highest BCUT2D eigenvalue weighted by Gasteiger charge is 2.09. The van der Waals surface area contributed by atoms with Gasteiger partial charge in [0, 0.05) is 18.7 Å². The normalized spacial score (nSPS) is 9.90. The summed E-state index contributed by atoms with van der Waals surface area (Å²) in [7, 11) is 1.83. The van der Waals surface area contributed by atoms with Gasteiger partial charge in [0.05, 0.1) is 0 Å². The van der Waals surface area contributed by atoms with Crippen molar-refractivity contribution in [2.24, 2.45) is 0 Å². The van der Waals surface area contributed by atoms with Gasteiger partial charge in [-0.05, 0) is 19.5 Å². The van der Waals surface area contributed by atoms with Crippen molar-refractivity contribution in [3.8, 4) is 5.75 Å². The second-order valence-electron chi connectivity index (χ2n) is 4.23. The predicted molar refractivity (Wildman–Crippen MR) is 76.5 cm³/mol. The molecule has 0 aliphatic heterocycles. The molecule has 1 rings (SSSR count). The van der Waals surface area contributed by atoms with Crippen LogP contribution in [0, 0.1) is 0 Å². The van der Waals surface area contributed by atoms with E-state index in [-0.39, 0.29) is 6.61 Å². The third kappa shape index (κ3) is 5.71. The Balaban J connectivity index is 2.42. The first-order valence-electron chi connectivity index (χ1n) is 6.60. The van der Waals surface area contributed by atoms with Crippen LogP contribution in [-0.2, 0) is 11.3 Å². The van der Waals surface area contributed by atoms with Crippen LogP contribution in [0.4, 0.5) is 4.79 Å². The van der Waals surface area contributed by atoms with Gasteiger partial charge in [0.15, 0.2) is 6.61 Å². The lowest BCUT2D eigenvalue weighted by Gasteiger charge is -2.11. The first-order valence-corrected chi connectivity index (χ1v) is 6.60. The van der Waals surface area contributed by atoms with Crippen molar-refractivity contribution in [1.29, 1.82) is 0 Å². The van der Waals surface area contributed by atoms with Crippen LogP contribution in [0.2, 0.25) is 0 Å². The van der Waals surface area contributed by atoms with Gasteiger partial charge in [-0.25, -0.2) is 4.79 Å². The minimum Gasteiger partial charge on any atom is -0.483 e. The zero-order valence-electron chi connectivity index (χ0n) is 11.9. The summed E-state index contributed by atoms with van der Waals surface area (Å²) in [5.74, 6) is 0.156. The van der Waals surface area contributed by atoms with Crippen LogP contribution in [0.15, 0.2) is 24.3 Å². The van der Waals surface area contributed by atoms with Crippen LogP contribution in [0.3, 0.4) is 0 Å². The van der Waals surface area contributed by atoms with Gasteiger partial charge in [0.2, 0.25) is 0 Å². The lowest BCUT2D eigenvalue weighted by atomic mass is 10.2. The molecule has 0 saturated heterocycles. The number of benzene rings is 1. The molecule has 20 heavy (non-hydrogen) atoms. The molecule has 0 aromatic heterocycles. The van der Waals surface area contributed by atoms with Crippen molar-refractivity contribution in [1.82, 2.24) is 16.0 Å². The number of para-hydroxylation sites is 1. The highest BCUT2D eigenvalue weighted by Crippen LogP contribution is 2.17. The lowest BCUT2D eigenvalue weighted by molar-refractivity contribution is -0.122. The van der Waals surface area contributed by atoms with E-state index in [9.17, 15) is 9.59 Å². The van der Waals surface area contributed by atoms with Crippen molar-refractivity contribution in [2.75, 3.05) is 20.2 Å². The molecule has 0 spiro atoms. The van der Waals surface area contributed by atoms with E-state index in [1.807, 2.05) is 32.2 Å². The van der Waals surface area contributed by atoms with Crippen LogP contribution in [0.5, 0.6) is 5.75 Å². The average molecular weight is 279 g/mol. The number of nitrogens with one attached hydrogen (secondary N) is 3. The summed E-state index contributed by atoms with van der Waals surface area (Å²) in [5.41, 5.74) is 0.957. The summed E-state index contributed by atoms with van der Waals surface area (Å²) in [6.45, 7) is 2.92. The zero-order valence-corrected chi connectivity index (χ0v) is 11.9. The van der Waals surface area contributed by atoms with Gasteiger partial charge in [-0.1, -0.05) is 25.1 Å². The lowest BCUT2D eigenvalue weighted by Crippen LogP contribution is -2.41. The summed E-state index contributed by atoms with van der Waals surface area (Å²) < 4.78 is 5.42. The molecule has 3 N–H and O–H groups in total. The number of hydrogen-bond acceptors (Lipinski definition) is 4. The Bertz CT molecular complexity index is 449. The molecule has 0 aliphatic carbocycles. The molecular weight excluding hydrogens is 258 g/mol. The minimum atomic E-state index is -0.496. The zero-order chi connectivity index (χ0) is 14.8. The number of carbonyl (C=O) groups is 2. The van der Waals surface area contributed by atoms with Gasteiger partial charge in [0.25, 0.3) is 5.91 Å². The summed E-state index contributed by atoms with van der Waals surface area (Å²) in [4.78, 5) is 22.8. The Kier molecular flexibility index (Phi) is 7.13. The maximum absolute atomic E-state index is 11.5. The fraction of sp³-hybridized carbons (Fsp3) is 0.429. The third-order valence-electron chi connectivity index (χ3n) is 2.49. The van der Waals surface area contributed by atoms with E-state index in [1.165, 1.54) is 0 Å². The smallest absolute Gasteiger partial charge is 0.321 e. The van der Waals surface area contributed by atoms with Crippen molar-refractivity contribution in [3.63, 3.8) is 0 Å². The van der Waals surface area contributed by atoms with E-state index in [4.69, 9.17) is 4.74 Å². The maximum atomic E-state index is 11.5. The first-order chi connectivity index (χ1) is 9.67. The molecule has 0 bridgehead atoms. The second kappa shape index (κ2) is 8.92. The Morgan fingerprint density at radius 3 is 2.70 bits per heavy atom. The molecule has 0 radical (unpaired) electrons. The first kappa shape index (κ1) is 16.0. The Labute approximate surface area is 118 Å². The standard InChI is InChI=1S/C14H21N3O3/c1-3-8-16-14(19)17-13(18)10-20-12-7-5-4-6-11(12)9-15-2/h4-7,15H,3,8-10H2,1-2H3,(H2,16,17,18,19). The Morgan fingerprint density at radius 2 is 2.00 bits per heavy atom. The number of hydrogen-bond donors (Lipinski definition) is 3. The van der Waals surface area contributed by atoms with E-state index in [2.05, 4.69) is 16.0 Å². The van der Waals surface area contributed by atoms with Gasteiger partial charge in [0.1, 0.15) is 5.75 Å². The van der Waals surface area contributed by atoms with Gasteiger partial charge >= 0.3 is 6.03 Å². The van der Waals surface area contributed by atoms with Crippen molar-refractivity contribution in [3.05, 3.63) is 29.8 Å². The maximum Gasteiger partial charge on any atom is 0.321 e. The van der Waals surface area contributed by atoms with Crippen LogP contribution >= 0.6 is 0 Å². The molecule has 1 aromatic carbocycles. The molecule has 0 heterocycles. The van der Waals surface area contributed by atoms with E-state index in [1.54, 1.807) is 6.07 Å². The molecule has 3 amide bonds. The minimum absolute atomic E-state index is 0.194. The molecule has 0 fully saturated rings. The van der Waals surface area contributed by atoms with Crippen molar-refractivity contribution in [2.45, 2.75) is 19.9 Å². The quantitative estimate of drug-likeness (QED) is 0.696. The summed E-state index contributed by atoms with van der Waals surface area (Å²) in [6.07, 6.45) is 0.815. The van der Waals surface area contributed by atoms with Crippen molar-refractivity contribution < 1.29 is 14.3 Å². The highest BCUT2D eigenvalue weighted by atomic mass is 16.5. The molecule has 1 aromatic rings. The van der Waals surface area contributed by atoms with E-state index >= 15 is 0 Å². The van der Waals surface area contributed by atoms with Gasteiger partial charge in [-0.15, -0.1) is 0 Å². The fourth-order valence-corrected chi connectivity index (χ4v) is 1.57. The monoisotopic (exact) mass is 279 g/mol. The molecule has 0 aliphatic rings. The molecule has 0 saturated carbocycles. The predicted octanol–water partition coefficient (Wildman–Crippen LogP) is 1.02. The number of carbonyl (C=O) groups excluding carboxylic acids is 2. The Hall–Kier alpha value is -2.08. The van der Waals surface area contributed by atoms with Crippen molar-refractivity contribution >= 4 is 11.9 Å². The van der Waals surface area contributed by atoms with Gasteiger partial charge in [-0.2, -0.15) is 0 Å². The highest BCUT2D eigenvalue weighted by molar-refractivity contribution is 5.94. The topological polar surface area (TPSA) is 79.5 Å². The van der Waals surface area contributed by atoms with Crippen LogP contribution < -0.4 is 20.7 Å². The third-order valence-corrected chi connectivity index (χ3v) is 2.49. The largest absolute Gasteiger partial charge is 0.483 e. The fourth-order valence-electron chi connectivity index (χ4n) is 1.57. The molecular formula is C14H21N3O3. The number of rotatable bonds is 7. The number of imide groups is 1. The molecule has 6 nitrogen and oxygen atoms in total. The SMILES string of the molecule is CCCNC(=O)NC(=O)COc1ccccc1CNC. The summed E-state index contributed by atoms with van der Waals surface area (Å²) in [5, 5.41) is 7.79. The number of amides is 3. The van der Waals surface area contributed by atoms with Gasteiger partial charge < -0.3 is 15.4 Å². The molecule has 6 heteroatoms. The number of ether oxygens (including phenoxy) is 1. The van der Waals surface area contributed by atoms with E-state index in [0.29, 0.717) is 18.8 Å². The summed E-state index contributed by atoms with van der Waals surface area (Å²) >= 11 is 0. The molecule has 0 unspecified atom stereocenters. The number of urea groups is 1. The second-order valence-corrected chi connectivity index (χ2v) is 4.23. The van der Waals surface area contributed by atoms with Crippen LogP contribution in [-0.4, -0.2) is 32.1 Å². The average Bonchev–Trinajstić information content (AvgIpc) is 2.44. The summed E-state index contributed by atoms with van der Waals surface area (Å²) in [6, 6.07) is 6.94. The van der Waals surface area contributed by atoms with Crippen LogP contribution in [0.1, 0.15) is 18.9 Å². The van der Waals surface area contributed by atoms with E-state index in [0.717, 1.165) is 12.0 Å². The molecule has 0 atom stereocenters. The van der Waals surface area contributed by atoms with Crippen LogP contribution in [0.25, 0.3) is 0 Å². The Morgan fingerprint density at radius 1 is 1.25 bits per heavy atom.